The van der Waals surface area contributed by atoms with E-state index in [0.29, 0.717) is 44.9 Å². The summed E-state index contributed by atoms with van der Waals surface area (Å²) in [4.78, 5) is 32.2. The number of hydrogen-bond donors (Lipinski definition) is 1. The van der Waals surface area contributed by atoms with Gasteiger partial charge in [-0.3, -0.25) is 19.3 Å². The number of nitrogens with zero attached hydrogens (tertiary/aromatic N) is 4. The molecule has 0 radical (unpaired) electrons. The van der Waals surface area contributed by atoms with Gasteiger partial charge in [0.15, 0.2) is 5.69 Å². The zero-order valence-corrected chi connectivity index (χ0v) is 19.2. The van der Waals surface area contributed by atoms with Gasteiger partial charge in [0.25, 0.3) is 11.8 Å². The predicted molar refractivity (Wildman–Crippen MR) is 126 cm³/mol. The highest BCUT2D eigenvalue weighted by Crippen LogP contribution is 2.26. The maximum atomic E-state index is 13.2. The molecule has 1 saturated heterocycles. The van der Waals surface area contributed by atoms with Crippen LogP contribution in [0.15, 0.2) is 54.7 Å². The molecule has 2 aliphatic rings. The van der Waals surface area contributed by atoms with Crippen LogP contribution in [0.5, 0.6) is 0 Å². The molecule has 2 amide bonds. The molecule has 0 spiro atoms. The van der Waals surface area contributed by atoms with E-state index in [1.54, 1.807) is 6.20 Å². The Kier molecular flexibility index (Phi) is 6.67. The minimum atomic E-state index is -0.365. The summed E-state index contributed by atoms with van der Waals surface area (Å²) in [7, 11) is 0. The molecule has 176 valence electrons. The summed E-state index contributed by atoms with van der Waals surface area (Å²) < 4.78 is 7.57. The van der Waals surface area contributed by atoms with Crippen molar-refractivity contribution in [2.75, 3.05) is 13.2 Å². The van der Waals surface area contributed by atoms with E-state index in [-0.39, 0.29) is 17.9 Å². The molecule has 3 aromatic rings. The summed E-state index contributed by atoms with van der Waals surface area (Å²) in [6.45, 7) is 2.63. The molecule has 5 rings (SSSR count). The molecule has 2 aromatic heterocycles. The summed E-state index contributed by atoms with van der Waals surface area (Å²) in [5, 5.41) is 7.67. The Morgan fingerprint density at radius 1 is 1.12 bits per heavy atom. The lowest BCUT2D eigenvalue weighted by molar-refractivity contribution is -0.141. The average Bonchev–Trinajstić information content (AvgIpc) is 3.55. The molecule has 4 heterocycles. The Bertz CT molecular complexity index is 1140. The second kappa shape index (κ2) is 10.2. The fourth-order valence-corrected chi connectivity index (χ4v) is 4.66. The van der Waals surface area contributed by atoms with Gasteiger partial charge in [0.1, 0.15) is 6.10 Å². The first kappa shape index (κ1) is 22.3. The summed E-state index contributed by atoms with van der Waals surface area (Å²) in [5.41, 5.74) is 4.27. The standard InChI is InChI=1S/C26H29N5O3/c32-25(28-17-20-9-4-5-13-27-20)24-21-18-30(26(33)23-10-6-16-34-23)14-12-22(21)31(29-24)15-11-19-7-2-1-3-8-19/h1-5,7-9,13,23H,6,10-12,14-18H2,(H,28,32)/t23-/m0/s1. The van der Waals surface area contributed by atoms with E-state index in [9.17, 15) is 9.59 Å². The number of carbonyl (C=O) groups is 2. The second-order valence-corrected chi connectivity index (χ2v) is 8.75. The van der Waals surface area contributed by atoms with Gasteiger partial charge in [0.05, 0.1) is 12.2 Å². The topological polar surface area (TPSA) is 89.4 Å². The van der Waals surface area contributed by atoms with Gasteiger partial charge in [-0.05, 0) is 37.0 Å². The summed E-state index contributed by atoms with van der Waals surface area (Å²) in [6, 6.07) is 15.9. The van der Waals surface area contributed by atoms with Crippen molar-refractivity contribution in [3.63, 3.8) is 0 Å². The highest BCUT2D eigenvalue weighted by atomic mass is 16.5. The first-order valence-corrected chi connectivity index (χ1v) is 11.9. The van der Waals surface area contributed by atoms with Crippen molar-refractivity contribution in [1.29, 1.82) is 0 Å². The Morgan fingerprint density at radius 3 is 2.74 bits per heavy atom. The molecule has 1 fully saturated rings. The third kappa shape index (κ3) is 4.87. The maximum Gasteiger partial charge on any atom is 0.272 e. The Hall–Kier alpha value is -3.52. The van der Waals surface area contributed by atoms with Gasteiger partial charge in [-0.2, -0.15) is 5.10 Å². The van der Waals surface area contributed by atoms with Gasteiger partial charge in [0, 0.05) is 50.1 Å². The van der Waals surface area contributed by atoms with Gasteiger partial charge in [-0.1, -0.05) is 36.4 Å². The van der Waals surface area contributed by atoms with Crippen molar-refractivity contribution < 1.29 is 14.3 Å². The minimum Gasteiger partial charge on any atom is -0.368 e. The van der Waals surface area contributed by atoms with Crippen LogP contribution in [0.25, 0.3) is 0 Å². The molecule has 2 aliphatic heterocycles. The molecule has 34 heavy (non-hydrogen) atoms. The number of ether oxygens (including phenoxy) is 1. The van der Waals surface area contributed by atoms with Crippen LogP contribution in [0, 0.1) is 0 Å². The SMILES string of the molecule is O=C(NCc1ccccn1)c1nn(CCc2ccccc2)c2c1CN(C(=O)[C@@H]1CCCO1)CC2. The van der Waals surface area contributed by atoms with Crippen molar-refractivity contribution >= 4 is 11.8 Å². The van der Waals surface area contributed by atoms with Crippen molar-refractivity contribution in [1.82, 2.24) is 25.0 Å². The molecular weight excluding hydrogens is 430 g/mol. The van der Waals surface area contributed by atoms with Crippen LogP contribution >= 0.6 is 0 Å². The van der Waals surface area contributed by atoms with Crippen LogP contribution in [0.3, 0.4) is 0 Å². The summed E-state index contributed by atoms with van der Waals surface area (Å²) in [6.07, 6.45) is 4.50. The zero-order chi connectivity index (χ0) is 23.3. The lowest BCUT2D eigenvalue weighted by Crippen LogP contribution is -2.42. The first-order chi connectivity index (χ1) is 16.7. The maximum absolute atomic E-state index is 13.2. The Balaban J connectivity index is 1.37. The minimum absolute atomic E-state index is 0.0139. The summed E-state index contributed by atoms with van der Waals surface area (Å²) in [5.74, 6) is -0.230. The lowest BCUT2D eigenvalue weighted by Gasteiger charge is -2.29. The smallest absolute Gasteiger partial charge is 0.272 e. The number of aromatic nitrogens is 3. The third-order valence-electron chi connectivity index (χ3n) is 6.48. The third-order valence-corrected chi connectivity index (χ3v) is 6.48. The van der Waals surface area contributed by atoms with E-state index in [1.165, 1.54) is 5.56 Å². The number of benzene rings is 1. The van der Waals surface area contributed by atoms with Gasteiger partial charge < -0.3 is 15.0 Å². The van der Waals surface area contributed by atoms with Crippen molar-refractivity contribution in [2.45, 2.75) is 51.4 Å². The van der Waals surface area contributed by atoms with Crippen molar-refractivity contribution in [2.24, 2.45) is 0 Å². The fraction of sp³-hybridized carbons (Fsp3) is 0.385. The van der Waals surface area contributed by atoms with Gasteiger partial charge in [-0.15, -0.1) is 0 Å². The fourth-order valence-electron chi connectivity index (χ4n) is 4.66. The quantitative estimate of drug-likeness (QED) is 0.587. The van der Waals surface area contributed by atoms with E-state index in [2.05, 4.69) is 22.4 Å². The number of hydrogen-bond acceptors (Lipinski definition) is 5. The highest BCUT2D eigenvalue weighted by Gasteiger charge is 2.34. The lowest BCUT2D eigenvalue weighted by atomic mass is 10.0. The number of rotatable bonds is 7. The Morgan fingerprint density at radius 2 is 1.97 bits per heavy atom. The van der Waals surface area contributed by atoms with Gasteiger partial charge >= 0.3 is 0 Å². The molecule has 1 atom stereocenters. The predicted octanol–water partition coefficient (Wildman–Crippen LogP) is 2.51. The molecule has 8 heteroatoms. The number of fused-ring (bicyclic) bond motifs is 1. The van der Waals surface area contributed by atoms with E-state index in [1.807, 2.05) is 46.0 Å². The van der Waals surface area contributed by atoms with Gasteiger partial charge in [0.2, 0.25) is 0 Å². The van der Waals surface area contributed by atoms with E-state index in [0.717, 1.165) is 36.2 Å². The van der Waals surface area contributed by atoms with Crippen LogP contribution < -0.4 is 5.32 Å². The largest absolute Gasteiger partial charge is 0.368 e. The van der Waals surface area contributed by atoms with Gasteiger partial charge in [-0.25, -0.2) is 0 Å². The number of pyridine rings is 1. The molecular formula is C26H29N5O3. The van der Waals surface area contributed by atoms with Crippen molar-refractivity contribution in [3.05, 3.63) is 82.9 Å². The number of aryl methyl sites for hydroxylation is 2. The molecule has 0 bridgehead atoms. The number of nitrogens with one attached hydrogen (secondary N) is 1. The number of amides is 2. The van der Waals surface area contributed by atoms with Crippen LogP contribution in [-0.2, 0) is 42.0 Å². The first-order valence-electron chi connectivity index (χ1n) is 11.9. The van der Waals surface area contributed by atoms with E-state index < -0.39 is 0 Å². The highest BCUT2D eigenvalue weighted by molar-refractivity contribution is 5.94. The Labute approximate surface area is 198 Å². The molecule has 8 nitrogen and oxygen atoms in total. The summed E-state index contributed by atoms with van der Waals surface area (Å²) >= 11 is 0. The molecule has 1 aromatic carbocycles. The second-order valence-electron chi connectivity index (χ2n) is 8.75. The van der Waals surface area contributed by atoms with Crippen LogP contribution in [0.2, 0.25) is 0 Å². The zero-order valence-electron chi connectivity index (χ0n) is 19.2. The monoisotopic (exact) mass is 459 g/mol. The average molecular weight is 460 g/mol. The van der Waals surface area contributed by atoms with Crippen LogP contribution in [0.4, 0.5) is 0 Å². The normalized spacial score (nSPS) is 17.4. The van der Waals surface area contributed by atoms with E-state index >= 15 is 0 Å². The van der Waals surface area contributed by atoms with Crippen LogP contribution in [0.1, 0.15) is 45.8 Å². The van der Waals surface area contributed by atoms with Crippen molar-refractivity contribution in [3.8, 4) is 0 Å². The molecule has 0 unspecified atom stereocenters. The molecule has 0 aliphatic carbocycles. The van der Waals surface area contributed by atoms with E-state index in [4.69, 9.17) is 9.84 Å². The molecule has 1 N–H and O–H groups in total. The number of carbonyl (C=O) groups excluding carboxylic acids is 2. The van der Waals surface area contributed by atoms with Crippen LogP contribution in [-0.4, -0.2) is 50.7 Å². The molecule has 0 saturated carbocycles.